The Morgan fingerprint density at radius 3 is 2.08 bits per heavy atom. The van der Waals surface area contributed by atoms with Crippen LogP contribution in [0.5, 0.6) is 0 Å². The third kappa shape index (κ3) is 4.02. The van der Waals surface area contributed by atoms with E-state index in [1.807, 2.05) is 61.5 Å². The molecule has 0 saturated heterocycles. The van der Waals surface area contributed by atoms with Crippen molar-refractivity contribution in [2.75, 3.05) is 10.6 Å². The van der Waals surface area contributed by atoms with Gasteiger partial charge in [0, 0.05) is 17.3 Å². The summed E-state index contributed by atoms with van der Waals surface area (Å²) in [7, 11) is 0. The van der Waals surface area contributed by atoms with Crippen molar-refractivity contribution in [2.24, 2.45) is 5.92 Å². The van der Waals surface area contributed by atoms with Crippen LogP contribution in [-0.4, -0.2) is 11.8 Å². The molecule has 0 heterocycles. The third-order valence-electron chi connectivity index (χ3n) is 4.29. The number of carbonyl (C=O) groups excluding carboxylic acids is 2. The Bertz CT molecular complexity index is 706. The van der Waals surface area contributed by atoms with Crippen molar-refractivity contribution in [3.63, 3.8) is 0 Å². The fraction of sp³-hybridized carbons (Fsp3) is 0.300. The number of benzene rings is 2. The number of rotatable bonds is 6. The van der Waals surface area contributed by atoms with E-state index in [0.717, 1.165) is 36.2 Å². The van der Waals surface area contributed by atoms with Gasteiger partial charge in [-0.2, -0.15) is 0 Å². The van der Waals surface area contributed by atoms with Crippen molar-refractivity contribution in [2.45, 2.75) is 32.1 Å². The molecular formula is C20H22N2O2. The summed E-state index contributed by atoms with van der Waals surface area (Å²) in [5.74, 6) is 0.0846. The molecule has 0 spiro atoms. The maximum Gasteiger partial charge on any atom is 0.231 e. The molecule has 4 heteroatoms. The predicted octanol–water partition coefficient (Wildman–Crippen LogP) is 4.17. The summed E-state index contributed by atoms with van der Waals surface area (Å²) < 4.78 is 0. The average Bonchev–Trinajstić information content (AvgIpc) is 3.43. The Kier molecular flexibility index (Phi) is 4.94. The summed E-state index contributed by atoms with van der Waals surface area (Å²) >= 11 is 0. The SMILES string of the molecule is CC[C@H](C(=O)Nc1ccc(NC(=O)C2CC2)cc1)c1ccccc1. The van der Waals surface area contributed by atoms with Gasteiger partial charge < -0.3 is 10.6 Å². The second-order valence-corrected chi connectivity index (χ2v) is 6.20. The summed E-state index contributed by atoms with van der Waals surface area (Å²) in [6.45, 7) is 2.01. The van der Waals surface area contributed by atoms with Crippen LogP contribution in [0.2, 0.25) is 0 Å². The number of anilines is 2. The molecular weight excluding hydrogens is 300 g/mol. The summed E-state index contributed by atoms with van der Waals surface area (Å²) in [5, 5.41) is 5.85. The first-order valence-electron chi connectivity index (χ1n) is 8.44. The Labute approximate surface area is 142 Å². The van der Waals surface area contributed by atoms with Gasteiger partial charge >= 0.3 is 0 Å². The molecule has 0 radical (unpaired) electrons. The highest BCUT2D eigenvalue weighted by atomic mass is 16.2. The van der Waals surface area contributed by atoms with Gasteiger partial charge in [-0.25, -0.2) is 0 Å². The molecule has 1 aliphatic rings. The highest BCUT2D eigenvalue weighted by molar-refractivity contribution is 5.97. The molecule has 3 rings (SSSR count). The fourth-order valence-electron chi connectivity index (χ4n) is 2.71. The van der Waals surface area contributed by atoms with Gasteiger partial charge in [0.25, 0.3) is 0 Å². The van der Waals surface area contributed by atoms with Gasteiger partial charge in [0.15, 0.2) is 0 Å². The molecule has 1 atom stereocenters. The van der Waals surface area contributed by atoms with Gasteiger partial charge in [0.05, 0.1) is 5.92 Å². The Hall–Kier alpha value is -2.62. The highest BCUT2D eigenvalue weighted by Crippen LogP contribution is 2.30. The second-order valence-electron chi connectivity index (χ2n) is 6.20. The molecule has 2 amide bonds. The van der Waals surface area contributed by atoms with Crippen LogP contribution in [0.25, 0.3) is 0 Å². The second kappa shape index (κ2) is 7.30. The van der Waals surface area contributed by atoms with E-state index in [1.165, 1.54) is 0 Å². The van der Waals surface area contributed by atoms with Crippen molar-refractivity contribution >= 4 is 23.2 Å². The Balaban J connectivity index is 1.62. The van der Waals surface area contributed by atoms with E-state index in [-0.39, 0.29) is 23.7 Å². The number of hydrogen-bond acceptors (Lipinski definition) is 2. The molecule has 1 fully saturated rings. The lowest BCUT2D eigenvalue weighted by atomic mass is 9.95. The molecule has 0 aromatic heterocycles. The van der Waals surface area contributed by atoms with Crippen LogP contribution in [0.15, 0.2) is 54.6 Å². The molecule has 2 aromatic carbocycles. The first kappa shape index (κ1) is 16.2. The Morgan fingerprint density at radius 1 is 0.958 bits per heavy atom. The maximum absolute atomic E-state index is 12.5. The van der Waals surface area contributed by atoms with Crippen LogP contribution >= 0.6 is 0 Å². The first-order chi connectivity index (χ1) is 11.7. The Morgan fingerprint density at radius 2 is 1.54 bits per heavy atom. The molecule has 2 N–H and O–H groups in total. The number of nitrogens with one attached hydrogen (secondary N) is 2. The molecule has 1 saturated carbocycles. The molecule has 0 unspecified atom stereocenters. The lowest BCUT2D eigenvalue weighted by Gasteiger charge is -2.15. The predicted molar refractivity (Wildman–Crippen MR) is 95.9 cm³/mol. The van der Waals surface area contributed by atoms with Gasteiger partial charge in [-0.3, -0.25) is 9.59 Å². The van der Waals surface area contributed by atoms with Crippen LogP contribution < -0.4 is 10.6 Å². The normalized spacial score (nSPS) is 14.7. The van der Waals surface area contributed by atoms with E-state index in [0.29, 0.717) is 0 Å². The lowest BCUT2D eigenvalue weighted by Crippen LogP contribution is -2.20. The van der Waals surface area contributed by atoms with Gasteiger partial charge in [-0.15, -0.1) is 0 Å². The van der Waals surface area contributed by atoms with Gasteiger partial charge in [0.2, 0.25) is 11.8 Å². The monoisotopic (exact) mass is 322 g/mol. The van der Waals surface area contributed by atoms with Crippen LogP contribution in [-0.2, 0) is 9.59 Å². The largest absolute Gasteiger partial charge is 0.326 e. The molecule has 2 aromatic rings. The van der Waals surface area contributed by atoms with Gasteiger partial charge in [-0.05, 0) is 49.1 Å². The van der Waals surface area contributed by atoms with Crippen molar-refractivity contribution in [3.8, 4) is 0 Å². The minimum Gasteiger partial charge on any atom is -0.326 e. The molecule has 0 bridgehead atoms. The minimum absolute atomic E-state index is 0.0153. The zero-order valence-corrected chi connectivity index (χ0v) is 13.8. The number of amides is 2. The quantitative estimate of drug-likeness (QED) is 0.838. The van der Waals surface area contributed by atoms with Crippen LogP contribution in [0.3, 0.4) is 0 Å². The summed E-state index contributed by atoms with van der Waals surface area (Å²) in [6, 6.07) is 17.1. The summed E-state index contributed by atoms with van der Waals surface area (Å²) in [4.78, 5) is 24.3. The van der Waals surface area contributed by atoms with Gasteiger partial charge in [-0.1, -0.05) is 37.3 Å². The maximum atomic E-state index is 12.5. The number of hydrogen-bond donors (Lipinski definition) is 2. The van der Waals surface area contributed by atoms with E-state index < -0.39 is 0 Å². The first-order valence-corrected chi connectivity index (χ1v) is 8.44. The fourth-order valence-corrected chi connectivity index (χ4v) is 2.71. The molecule has 24 heavy (non-hydrogen) atoms. The highest BCUT2D eigenvalue weighted by Gasteiger charge is 2.29. The van der Waals surface area contributed by atoms with E-state index in [2.05, 4.69) is 10.6 Å². The topological polar surface area (TPSA) is 58.2 Å². The standard InChI is InChI=1S/C20H22N2O2/c1-2-18(14-6-4-3-5-7-14)20(24)22-17-12-10-16(11-13-17)21-19(23)15-8-9-15/h3-7,10-13,15,18H,2,8-9H2,1H3,(H,21,23)(H,22,24)/t18-/m0/s1. The van der Waals surface area contributed by atoms with Gasteiger partial charge in [0.1, 0.15) is 0 Å². The van der Waals surface area contributed by atoms with Crippen molar-refractivity contribution < 1.29 is 9.59 Å². The smallest absolute Gasteiger partial charge is 0.231 e. The van der Waals surface area contributed by atoms with E-state index in [9.17, 15) is 9.59 Å². The van der Waals surface area contributed by atoms with Crippen LogP contribution in [0, 0.1) is 5.92 Å². The van der Waals surface area contributed by atoms with E-state index in [4.69, 9.17) is 0 Å². The van der Waals surface area contributed by atoms with Crippen LogP contribution in [0.1, 0.15) is 37.7 Å². The molecule has 0 aliphatic heterocycles. The third-order valence-corrected chi connectivity index (χ3v) is 4.29. The summed E-state index contributed by atoms with van der Waals surface area (Å²) in [6.07, 6.45) is 2.71. The zero-order chi connectivity index (χ0) is 16.9. The zero-order valence-electron chi connectivity index (χ0n) is 13.8. The molecule has 124 valence electrons. The molecule has 4 nitrogen and oxygen atoms in total. The summed E-state index contributed by atoms with van der Waals surface area (Å²) in [5.41, 5.74) is 2.52. The van der Waals surface area contributed by atoms with Crippen LogP contribution in [0.4, 0.5) is 11.4 Å². The van der Waals surface area contributed by atoms with E-state index >= 15 is 0 Å². The minimum atomic E-state index is -0.166. The molecule has 1 aliphatic carbocycles. The van der Waals surface area contributed by atoms with Crippen molar-refractivity contribution in [1.29, 1.82) is 0 Å². The number of carbonyl (C=O) groups is 2. The van der Waals surface area contributed by atoms with Crippen molar-refractivity contribution in [1.82, 2.24) is 0 Å². The lowest BCUT2D eigenvalue weighted by molar-refractivity contribution is -0.118. The van der Waals surface area contributed by atoms with Crippen molar-refractivity contribution in [3.05, 3.63) is 60.2 Å². The van der Waals surface area contributed by atoms with E-state index in [1.54, 1.807) is 0 Å². The average molecular weight is 322 g/mol.